The van der Waals surface area contributed by atoms with Crippen molar-refractivity contribution in [3.05, 3.63) is 75.6 Å². The van der Waals surface area contributed by atoms with E-state index in [4.69, 9.17) is 0 Å². The van der Waals surface area contributed by atoms with Crippen molar-refractivity contribution < 1.29 is 22.4 Å². The number of carbonyl (C=O) groups is 1. The molecule has 146 valence electrons. The first kappa shape index (κ1) is 19.6. The lowest BCUT2D eigenvalue weighted by molar-refractivity contribution is -0.137. The van der Waals surface area contributed by atoms with Crippen molar-refractivity contribution in [1.82, 2.24) is 4.98 Å². The number of nitrogens with zero attached hydrogens (tertiary/aromatic N) is 1. The number of hydrogen-bond donors (Lipinski definition) is 1. The molecule has 1 N–H and O–H groups in total. The van der Waals surface area contributed by atoms with E-state index < -0.39 is 39.4 Å². The SMILES string of the molecule is CC(C)c1ccc(N(F)C(=O)c2c[nH]c3ccccc3c2=O)c(C(F)(F)F)c1. The van der Waals surface area contributed by atoms with Crippen molar-refractivity contribution in [3.8, 4) is 0 Å². The summed E-state index contributed by atoms with van der Waals surface area (Å²) in [5.74, 6) is -1.70. The van der Waals surface area contributed by atoms with Gasteiger partial charge in [-0.2, -0.15) is 13.2 Å². The fourth-order valence-electron chi connectivity index (χ4n) is 2.85. The first-order valence-corrected chi connectivity index (χ1v) is 8.43. The standard InChI is InChI=1S/C20H16F4N2O2/c1-11(2)12-7-8-17(15(9-12)20(21,22)23)26(24)19(28)14-10-25-16-6-4-3-5-13(16)18(14)27/h3-11H,1-2H3,(H,25,27). The monoisotopic (exact) mass is 392 g/mol. The Morgan fingerprint density at radius 1 is 1.11 bits per heavy atom. The van der Waals surface area contributed by atoms with Crippen molar-refractivity contribution in [2.45, 2.75) is 25.9 Å². The maximum Gasteiger partial charge on any atom is 0.418 e. The van der Waals surface area contributed by atoms with Crippen molar-refractivity contribution in [2.24, 2.45) is 0 Å². The molecule has 0 aliphatic rings. The van der Waals surface area contributed by atoms with Gasteiger partial charge < -0.3 is 4.98 Å². The molecule has 3 aromatic rings. The first-order valence-electron chi connectivity index (χ1n) is 8.43. The highest BCUT2D eigenvalue weighted by Gasteiger charge is 2.37. The van der Waals surface area contributed by atoms with Gasteiger partial charge in [-0.05, 0) is 35.7 Å². The Kier molecular flexibility index (Phi) is 4.97. The minimum Gasteiger partial charge on any atom is -0.360 e. The van der Waals surface area contributed by atoms with E-state index in [0.29, 0.717) is 11.1 Å². The number of rotatable bonds is 3. The molecule has 2 aromatic carbocycles. The zero-order valence-corrected chi connectivity index (χ0v) is 15.0. The average molecular weight is 392 g/mol. The summed E-state index contributed by atoms with van der Waals surface area (Å²) >= 11 is 0. The van der Waals surface area contributed by atoms with Crippen LogP contribution in [0.2, 0.25) is 0 Å². The fraction of sp³-hybridized carbons (Fsp3) is 0.200. The van der Waals surface area contributed by atoms with Crippen LogP contribution in [0.15, 0.2) is 53.5 Å². The lowest BCUT2D eigenvalue weighted by Gasteiger charge is -2.19. The van der Waals surface area contributed by atoms with E-state index in [9.17, 15) is 27.2 Å². The molecule has 0 fully saturated rings. The van der Waals surface area contributed by atoms with Gasteiger partial charge >= 0.3 is 6.18 Å². The van der Waals surface area contributed by atoms with E-state index in [0.717, 1.165) is 18.3 Å². The summed E-state index contributed by atoms with van der Waals surface area (Å²) in [5.41, 5.74) is -2.84. The number of anilines is 1. The second-order valence-corrected chi connectivity index (χ2v) is 6.59. The van der Waals surface area contributed by atoms with Gasteiger partial charge in [-0.25, -0.2) is 0 Å². The summed E-state index contributed by atoms with van der Waals surface area (Å²) < 4.78 is 55.0. The lowest BCUT2D eigenvalue weighted by atomic mass is 9.99. The predicted molar refractivity (Wildman–Crippen MR) is 98.0 cm³/mol. The molecule has 0 unspecified atom stereocenters. The summed E-state index contributed by atoms with van der Waals surface area (Å²) in [7, 11) is 0. The summed E-state index contributed by atoms with van der Waals surface area (Å²) in [6.45, 7) is 3.39. The average Bonchev–Trinajstić information content (AvgIpc) is 2.66. The highest BCUT2D eigenvalue weighted by Crippen LogP contribution is 2.39. The number of fused-ring (bicyclic) bond motifs is 1. The molecular weight excluding hydrogens is 376 g/mol. The molecule has 1 amide bonds. The van der Waals surface area contributed by atoms with Crippen molar-refractivity contribution in [3.63, 3.8) is 0 Å². The predicted octanol–water partition coefficient (Wildman–Crippen LogP) is 5.20. The van der Waals surface area contributed by atoms with Crippen molar-refractivity contribution in [1.29, 1.82) is 0 Å². The van der Waals surface area contributed by atoms with E-state index in [1.807, 2.05) is 0 Å². The third-order valence-electron chi connectivity index (χ3n) is 4.40. The molecule has 0 saturated carbocycles. The van der Waals surface area contributed by atoms with E-state index in [2.05, 4.69) is 4.98 Å². The van der Waals surface area contributed by atoms with Gasteiger partial charge in [-0.15, -0.1) is 5.12 Å². The zero-order valence-electron chi connectivity index (χ0n) is 15.0. The molecule has 0 aliphatic carbocycles. The summed E-state index contributed by atoms with van der Waals surface area (Å²) in [6, 6.07) is 9.27. The second-order valence-electron chi connectivity index (χ2n) is 6.59. The number of H-pyrrole nitrogens is 1. The summed E-state index contributed by atoms with van der Waals surface area (Å²) in [5, 5.41) is -0.500. The quantitative estimate of drug-likeness (QED) is 0.492. The number of aromatic nitrogens is 1. The molecular formula is C20H16F4N2O2. The Morgan fingerprint density at radius 2 is 1.79 bits per heavy atom. The van der Waals surface area contributed by atoms with Crippen LogP contribution in [0.3, 0.4) is 0 Å². The van der Waals surface area contributed by atoms with Crippen LogP contribution in [0, 0.1) is 0 Å². The lowest BCUT2D eigenvalue weighted by Crippen LogP contribution is -2.29. The van der Waals surface area contributed by atoms with Crippen LogP contribution in [-0.4, -0.2) is 10.9 Å². The molecule has 0 aliphatic heterocycles. The number of alkyl halides is 3. The van der Waals surface area contributed by atoms with Crippen LogP contribution >= 0.6 is 0 Å². The van der Waals surface area contributed by atoms with Gasteiger partial charge in [0.1, 0.15) is 5.56 Å². The normalized spacial score (nSPS) is 11.8. The molecule has 0 bridgehead atoms. The minimum atomic E-state index is -4.87. The molecule has 0 atom stereocenters. The van der Waals surface area contributed by atoms with Crippen LogP contribution in [0.5, 0.6) is 0 Å². The number of benzene rings is 2. The Labute approximate surface area is 157 Å². The highest BCUT2D eigenvalue weighted by molar-refractivity contribution is 6.06. The second kappa shape index (κ2) is 7.10. The smallest absolute Gasteiger partial charge is 0.360 e. The minimum absolute atomic E-state index is 0.132. The Balaban J connectivity index is 2.10. The van der Waals surface area contributed by atoms with Gasteiger partial charge in [0.05, 0.1) is 11.3 Å². The number of amides is 1. The molecule has 0 saturated heterocycles. The molecule has 28 heavy (non-hydrogen) atoms. The van der Waals surface area contributed by atoms with Gasteiger partial charge in [-0.1, -0.05) is 36.5 Å². The van der Waals surface area contributed by atoms with Crippen LogP contribution in [0.25, 0.3) is 10.9 Å². The Hall–Kier alpha value is -3.16. The molecule has 0 spiro atoms. The number of pyridine rings is 1. The number of nitrogens with one attached hydrogen (secondary N) is 1. The van der Waals surface area contributed by atoms with Gasteiger partial charge in [0.2, 0.25) is 5.43 Å². The number of halogens is 4. The molecule has 0 radical (unpaired) electrons. The largest absolute Gasteiger partial charge is 0.418 e. The van der Waals surface area contributed by atoms with Crippen molar-refractivity contribution in [2.75, 3.05) is 5.12 Å². The molecule has 4 nitrogen and oxygen atoms in total. The van der Waals surface area contributed by atoms with E-state index in [1.54, 1.807) is 32.0 Å². The van der Waals surface area contributed by atoms with Crippen LogP contribution in [0.1, 0.15) is 41.3 Å². The van der Waals surface area contributed by atoms with Gasteiger partial charge in [0.15, 0.2) is 0 Å². The van der Waals surface area contributed by atoms with Gasteiger partial charge in [-0.3, -0.25) is 9.59 Å². The molecule has 1 aromatic heterocycles. The number of aromatic amines is 1. The van der Waals surface area contributed by atoms with Crippen LogP contribution in [0.4, 0.5) is 23.3 Å². The fourth-order valence-corrected chi connectivity index (χ4v) is 2.85. The van der Waals surface area contributed by atoms with Crippen LogP contribution in [-0.2, 0) is 6.18 Å². The molecule has 1 heterocycles. The third kappa shape index (κ3) is 3.49. The Morgan fingerprint density at radius 3 is 2.43 bits per heavy atom. The molecule has 8 heteroatoms. The van der Waals surface area contributed by atoms with Gasteiger partial charge in [0.25, 0.3) is 5.91 Å². The van der Waals surface area contributed by atoms with Gasteiger partial charge in [0, 0.05) is 17.1 Å². The van der Waals surface area contributed by atoms with E-state index >= 15 is 0 Å². The zero-order chi connectivity index (χ0) is 20.6. The maximum absolute atomic E-state index is 14.7. The van der Waals surface area contributed by atoms with E-state index in [1.165, 1.54) is 12.1 Å². The Bertz CT molecular complexity index is 1100. The molecule has 3 rings (SSSR count). The first-order chi connectivity index (χ1) is 13.1. The number of hydrogen-bond acceptors (Lipinski definition) is 2. The van der Waals surface area contributed by atoms with Crippen molar-refractivity contribution >= 4 is 22.5 Å². The topological polar surface area (TPSA) is 53.2 Å². The summed E-state index contributed by atoms with van der Waals surface area (Å²) in [4.78, 5) is 27.6. The number of carbonyl (C=O) groups excluding carboxylic acids is 1. The maximum atomic E-state index is 14.7. The highest BCUT2D eigenvalue weighted by atomic mass is 19.4. The summed E-state index contributed by atoms with van der Waals surface area (Å²) in [6.07, 6.45) is -3.88. The number of para-hydroxylation sites is 1. The van der Waals surface area contributed by atoms with E-state index in [-0.39, 0.29) is 11.3 Å². The third-order valence-corrected chi connectivity index (χ3v) is 4.40. The van der Waals surface area contributed by atoms with Crippen LogP contribution < -0.4 is 10.6 Å².